The molecule has 0 bridgehead atoms. The Labute approximate surface area is 167 Å². The highest BCUT2D eigenvalue weighted by Gasteiger charge is 2.43. The van der Waals surface area contributed by atoms with Crippen LogP contribution in [-0.2, 0) is 10.2 Å². The summed E-state index contributed by atoms with van der Waals surface area (Å²) in [6.45, 7) is 4.88. The van der Waals surface area contributed by atoms with E-state index in [1.165, 1.54) is 0 Å². The van der Waals surface area contributed by atoms with Crippen LogP contribution in [0.2, 0.25) is 5.02 Å². The molecule has 0 saturated heterocycles. The van der Waals surface area contributed by atoms with Gasteiger partial charge in [0.2, 0.25) is 5.91 Å². The first-order chi connectivity index (χ1) is 13.1. The fourth-order valence-corrected chi connectivity index (χ4v) is 4.23. The number of ether oxygens (including phenoxy) is 1. The van der Waals surface area contributed by atoms with E-state index < -0.39 is 5.41 Å². The van der Waals surface area contributed by atoms with Gasteiger partial charge < -0.3 is 10.1 Å². The van der Waals surface area contributed by atoms with Crippen molar-refractivity contribution >= 4 is 23.2 Å². The summed E-state index contributed by atoms with van der Waals surface area (Å²) in [5.74, 6) is 0.912. The zero-order valence-corrected chi connectivity index (χ0v) is 16.9. The number of halogens is 1. The molecule has 1 saturated carbocycles. The number of benzene rings is 2. The van der Waals surface area contributed by atoms with Gasteiger partial charge in [-0.25, -0.2) is 0 Å². The van der Waals surface area contributed by atoms with E-state index in [2.05, 4.69) is 12.2 Å². The van der Waals surface area contributed by atoms with E-state index in [1.807, 2.05) is 49.4 Å². The van der Waals surface area contributed by atoms with E-state index in [0.717, 1.165) is 67.7 Å². The second-order valence-corrected chi connectivity index (χ2v) is 7.81. The van der Waals surface area contributed by atoms with Crippen molar-refractivity contribution in [1.29, 1.82) is 0 Å². The average Bonchev–Trinajstić information content (AvgIpc) is 3.15. The second kappa shape index (κ2) is 8.79. The molecule has 1 aliphatic carbocycles. The lowest BCUT2D eigenvalue weighted by Gasteiger charge is -2.29. The number of aryl methyl sites for hydroxylation is 1. The van der Waals surface area contributed by atoms with Crippen molar-refractivity contribution in [1.82, 2.24) is 0 Å². The molecule has 1 aliphatic rings. The predicted octanol–water partition coefficient (Wildman–Crippen LogP) is 6.28. The van der Waals surface area contributed by atoms with E-state index in [-0.39, 0.29) is 5.91 Å². The van der Waals surface area contributed by atoms with Gasteiger partial charge in [-0.2, -0.15) is 0 Å². The number of nitrogens with one attached hydrogen (secondary N) is 1. The van der Waals surface area contributed by atoms with Crippen molar-refractivity contribution in [2.75, 3.05) is 11.9 Å². The minimum atomic E-state index is -0.539. The van der Waals surface area contributed by atoms with E-state index in [1.54, 1.807) is 0 Å². The number of amides is 1. The van der Waals surface area contributed by atoms with Crippen LogP contribution in [0.15, 0.2) is 42.5 Å². The van der Waals surface area contributed by atoms with Gasteiger partial charge in [-0.1, -0.05) is 56.0 Å². The summed E-state index contributed by atoms with van der Waals surface area (Å²) in [6, 6.07) is 13.6. The molecule has 0 spiro atoms. The SMILES string of the molecule is CCCCOc1ccc(NC(=O)C2(c3ccccc3Cl)CCCC2)cc1C. The summed E-state index contributed by atoms with van der Waals surface area (Å²) in [7, 11) is 0. The van der Waals surface area contributed by atoms with Gasteiger partial charge in [0, 0.05) is 10.7 Å². The standard InChI is InChI=1S/C23H28ClNO2/c1-3-4-15-27-21-12-11-18(16-17(21)2)25-22(26)23(13-7-8-14-23)19-9-5-6-10-20(19)24/h5-6,9-12,16H,3-4,7-8,13-15H2,1-2H3,(H,25,26). The Bertz CT molecular complexity index is 797. The molecule has 144 valence electrons. The van der Waals surface area contributed by atoms with Crippen molar-refractivity contribution < 1.29 is 9.53 Å². The van der Waals surface area contributed by atoms with Crippen LogP contribution in [0.4, 0.5) is 5.69 Å². The van der Waals surface area contributed by atoms with Gasteiger partial charge in [0.25, 0.3) is 0 Å². The number of hydrogen-bond acceptors (Lipinski definition) is 2. The monoisotopic (exact) mass is 385 g/mol. The zero-order chi connectivity index (χ0) is 19.3. The van der Waals surface area contributed by atoms with Crippen molar-refractivity contribution in [3.05, 3.63) is 58.6 Å². The highest BCUT2D eigenvalue weighted by atomic mass is 35.5. The molecule has 2 aromatic rings. The van der Waals surface area contributed by atoms with E-state index in [4.69, 9.17) is 16.3 Å². The summed E-state index contributed by atoms with van der Waals surface area (Å²) in [4.78, 5) is 13.3. The topological polar surface area (TPSA) is 38.3 Å². The lowest BCUT2D eigenvalue weighted by atomic mass is 9.78. The van der Waals surface area contributed by atoms with Crippen LogP contribution in [-0.4, -0.2) is 12.5 Å². The average molecular weight is 386 g/mol. The third kappa shape index (κ3) is 4.30. The molecule has 0 unspecified atom stereocenters. The van der Waals surface area contributed by atoms with Crippen LogP contribution >= 0.6 is 11.6 Å². The lowest BCUT2D eigenvalue weighted by Crippen LogP contribution is -2.38. The Hall–Kier alpha value is -2.00. The number of carbonyl (C=O) groups excluding carboxylic acids is 1. The minimum absolute atomic E-state index is 0.0344. The van der Waals surface area contributed by atoms with Crippen molar-refractivity contribution in [2.24, 2.45) is 0 Å². The highest BCUT2D eigenvalue weighted by Crippen LogP contribution is 2.44. The molecule has 0 atom stereocenters. The molecular formula is C23H28ClNO2. The molecule has 1 amide bonds. The van der Waals surface area contributed by atoms with Gasteiger partial charge in [0.05, 0.1) is 12.0 Å². The first kappa shape index (κ1) is 19.8. The summed E-state index contributed by atoms with van der Waals surface area (Å²) in [5.41, 5.74) is 2.24. The van der Waals surface area contributed by atoms with Crippen LogP contribution in [0.1, 0.15) is 56.6 Å². The maximum Gasteiger partial charge on any atom is 0.235 e. The lowest BCUT2D eigenvalue weighted by molar-refractivity contribution is -0.121. The van der Waals surface area contributed by atoms with Crippen LogP contribution in [0, 0.1) is 6.92 Å². The summed E-state index contributed by atoms with van der Waals surface area (Å²) >= 11 is 6.45. The number of hydrogen-bond donors (Lipinski definition) is 1. The summed E-state index contributed by atoms with van der Waals surface area (Å²) in [5, 5.41) is 3.80. The van der Waals surface area contributed by atoms with E-state index >= 15 is 0 Å². The third-order valence-corrected chi connectivity index (χ3v) is 5.80. The molecule has 0 aliphatic heterocycles. The number of carbonyl (C=O) groups is 1. The van der Waals surface area contributed by atoms with Gasteiger partial charge >= 0.3 is 0 Å². The molecule has 3 rings (SSSR count). The molecule has 0 aromatic heterocycles. The van der Waals surface area contributed by atoms with Crippen LogP contribution in [0.3, 0.4) is 0 Å². The molecule has 4 heteroatoms. The van der Waals surface area contributed by atoms with Crippen LogP contribution in [0.25, 0.3) is 0 Å². The summed E-state index contributed by atoms with van der Waals surface area (Å²) < 4.78 is 5.81. The van der Waals surface area contributed by atoms with Gasteiger partial charge in [-0.3, -0.25) is 4.79 Å². The van der Waals surface area contributed by atoms with Crippen molar-refractivity contribution in [2.45, 2.75) is 57.8 Å². The molecular weight excluding hydrogens is 358 g/mol. The minimum Gasteiger partial charge on any atom is -0.493 e. The molecule has 3 nitrogen and oxygen atoms in total. The number of unbranched alkanes of at least 4 members (excludes halogenated alkanes) is 1. The van der Waals surface area contributed by atoms with Crippen LogP contribution < -0.4 is 10.1 Å². The summed E-state index contributed by atoms with van der Waals surface area (Å²) in [6.07, 6.45) is 5.90. The molecule has 1 N–H and O–H groups in total. The highest BCUT2D eigenvalue weighted by molar-refractivity contribution is 6.31. The molecule has 27 heavy (non-hydrogen) atoms. The third-order valence-electron chi connectivity index (χ3n) is 5.47. The molecule has 2 aromatic carbocycles. The molecule has 1 fully saturated rings. The van der Waals surface area contributed by atoms with Crippen molar-refractivity contribution in [3.8, 4) is 5.75 Å². The quantitative estimate of drug-likeness (QED) is 0.569. The van der Waals surface area contributed by atoms with Gasteiger partial charge in [0.1, 0.15) is 5.75 Å². The van der Waals surface area contributed by atoms with E-state index in [9.17, 15) is 4.79 Å². The second-order valence-electron chi connectivity index (χ2n) is 7.41. The maximum atomic E-state index is 13.3. The van der Waals surface area contributed by atoms with Gasteiger partial charge in [-0.15, -0.1) is 0 Å². The number of anilines is 1. The first-order valence-electron chi connectivity index (χ1n) is 9.87. The Balaban J connectivity index is 1.79. The predicted molar refractivity (Wildman–Crippen MR) is 112 cm³/mol. The van der Waals surface area contributed by atoms with Crippen molar-refractivity contribution in [3.63, 3.8) is 0 Å². The maximum absolute atomic E-state index is 13.3. The first-order valence-corrected chi connectivity index (χ1v) is 10.2. The van der Waals surface area contributed by atoms with Gasteiger partial charge in [-0.05, 0) is 61.6 Å². The Morgan fingerprint density at radius 3 is 2.59 bits per heavy atom. The number of rotatable bonds is 7. The fourth-order valence-electron chi connectivity index (χ4n) is 3.91. The normalized spacial score (nSPS) is 15.5. The van der Waals surface area contributed by atoms with E-state index in [0.29, 0.717) is 5.02 Å². The fraction of sp³-hybridized carbons (Fsp3) is 0.435. The Morgan fingerprint density at radius 2 is 1.93 bits per heavy atom. The Kier molecular flexibility index (Phi) is 6.43. The van der Waals surface area contributed by atoms with Gasteiger partial charge in [0.15, 0.2) is 0 Å². The Morgan fingerprint density at radius 1 is 1.19 bits per heavy atom. The molecule has 0 heterocycles. The largest absolute Gasteiger partial charge is 0.493 e. The smallest absolute Gasteiger partial charge is 0.235 e. The zero-order valence-electron chi connectivity index (χ0n) is 16.2. The molecule has 0 radical (unpaired) electrons. The van der Waals surface area contributed by atoms with Crippen LogP contribution in [0.5, 0.6) is 5.75 Å².